The van der Waals surface area contributed by atoms with Crippen LogP contribution in [0.25, 0.3) is 0 Å². The minimum atomic E-state index is -1.21. The zero-order valence-corrected chi connectivity index (χ0v) is 18.0. The van der Waals surface area contributed by atoms with Crippen molar-refractivity contribution in [2.24, 2.45) is 5.92 Å². The minimum Gasteiger partial charge on any atom is -0.508 e. The van der Waals surface area contributed by atoms with E-state index >= 15 is 0 Å². The number of ether oxygens (including phenoxy) is 1. The van der Waals surface area contributed by atoms with Gasteiger partial charge in [-0.25, -0.2) is 4.79 Å². The Hall–Kier alpha value is -2.26. The third-order valence-corrected chi connectivity index (χ3v) is 5.61. The lowest BCUT2D eigenvalue weighted by Crippen LogP contribution is -2.57. The number of hydrogen-bond acceptors (Lipinski definition) is 6. The first-order valence-electron chi connectivity index (χ1n) is 9.43. The van der Waals surface area contributed by atoms with Gasteiger partial charge in [0.25, 0.3) is 0 Å². The zero-order chi connectivity index (χ0) is 22.1. The fourth-order valence-electron chi connectivity index (χ4n) is 2.58. The van der Waals surface area contributed by atoms with E-state index in [-0.39, 0.29) is 18.1 Å². The number of aromatic hydroxyl groups is 1. The Bertz CT molecular complexity index is 697. The Kier molecular flexibility index (Phi) is 9.97. The second-order valence-electron chi connectivity index (χ2n) is 7.03. The summed E-state index contributed by atoms with van der Waals surface area (Å²) in [6, 6.07) is 3.74. The van der Waals surface area contributed by atoms with Crippen LogP contribution in [-0.4, -0.2) is 58.5 Å². The molecule has 4 N–H and O–H groups in total. The van der Waals surface area contributed by atoms with Crippen LogP contribution in [0.1, 0.15) is 32.8 Å². The highest BCUT2D eigenvalue weighted by atomic mass is 32.1. The zero-order valence-electron chi connectivity index (χ0n) is 17.1. The van der Waals surface area contributed by atoms with Gasteiger partial charge in [-0.3, -0.25) is 9.59 Å². The Balaban J connectivity index is 2.91. The summed E-state index contributed by atoms with van der Waals surface area (Å²) in [4.78, 5) is 36.9. The maximum atomic E-state index is 12.8. The molecule has 29 heavy (non-hydrogen) atoms. The van der Waals surface area contributed by atoms with Crippen molar-refractivity contribution in [2.45, 2.75) is 57.1 Å². The minimum absolute atomic E-state index is 0.00107. The normalized spacial score (nSPS) is 16.2. The molecule has 9 heteroatoms. The first-order valence-corrected chi connectivity index (χ1v) is 9.94. The molecule has 0 heterocycles. The highest BCUT2D eigenvalue weighted by Gasteiger charge is 2.32. The molecule has 5 atom stereocenters. The van der Waals surface area contributed by atoms with E-state index in [2.05, 4.69) is 23.3 Å². The summed E-state index contributed by atoms with van der Waals surface area (Å²) >= 11 is 4.32. The lowest BCUT2D eigenvalue weighted by atomic mass is 10.0. The lowest BCUT2D eigenvalue weighted by Gasteiger charge is -2.27. The third kappa shape index (κ3) is 7.58. The molecule has 0 aliphatic heterocycles. The number of phenolic OH excluding ortho intramolecular Hbond substituents is 1. The number of hydrogen-bond donors (Lipinski definition) is 5. The number of nitrogens with one attached hydrogen (secondary N) is 2. The summed E-state index contributed by atoms with van der Waals surface area (Å²) in [5, 5.41) is 23.3. The second-order valence-corrected chi connectivity index (χ2v) is 7.58. The fourth-order valence-corrected chi connectivity index (χ4v) is 2.87. The second kappa shape index (κ2) is 11.7. The van der Waals surface area contributed by atoms with Crippen LogP contribution < -0.4 is 10.6 Å². The number of methoxy groups -OCH3 is 1. The van der Waals surface area contributed by atoms with E-state index in [0.29, 0.717) is 5.56 Å². The van der Waals surface area contributed by atoms with Gasteiger partial charge in [-0.05, 0) is 30.5 Å². The predicted molar refractivity (Wildman–Crippen MR) is 112 cm³/mol. The quantitative estimate of drug-likeness (QED) is 0.340. The van der Waals surface area contributed by atoms with Crippen LogP contribution >= 0.6 is 12.6 Å². The summed E-state index contributed by atoms with van der Waals surface area (Å²) in [5.41, 5.74) is 0.628. The molecule has 0 spiro atoms. The van der Waals surface area contributed by atoms with Crippen LogP contribution in [0, 0.1) is 5.92 Å². The SMILES string of the molecule is CCC(C)C(S)C(=O)NC(C(=O)NC(Cc1ccc(O)cc1)C(=O)O)C(C)OC. The Labute approximate surface area is 176 Å². The number of amides is 2. The molecule has 1 rings (SSSR count). The van der Waals surface area contributed by atoms with Crippen molar-refractivity contribution in [2.75, 3.05) is 7.11 Å². The Morgan fingerprint density at radius 2 is 1.69 bits per heavy atom. The molecule has 0 fully saturated rings. The molecule has 2 amide bonds. The average molecular weight is 427 g/mol. The summed E-state index contributed by atoms with van der Waals surface area (Å²) in [6.45, 7) is 5.42. The van der Waals surface area contributed by atoms with E-state index in [9.17, 15) is 24.6 Å². The largest absolute Gasteiger partial charge is 0.508 e. The van der Waals surface area contributed by atoms with Crippen molar-refractivity contribution in [1.29, 1.82) is 0 Å². The van der Waals surface area contributed by atoms with Gasteiger partial charge in [0.2, 0.25) is 11.8 Å². The number of thiol groups is 1. The number of carboxylic acid groups (broad SMARTS) is 1. The lowest BCUT2D eigenvalue weighted by molar-refractivity contribution is -0.143. The van der Waals surface area contributed by atoms with Crippen molar-refractivity contribution < 1.29 is 29.3 Å². The van der Waals surface area contributed by atoms with Crippen LogP contribution in [0.15, 0.2) is 24.3 Å². The topological polar surface area (TPSA) is 125 Å². The maximum Gasteiger partial charge on any atom is 0.326 e. The molecular weight excluding hydrogens is 396 g/mol. The van der Waals surface area contributed by atoms with Gasteiger partial charge in [-0.1, -0.05) is 32.4 Å². The van der Waals surface area contributed by atoms with Crippen LogP contribution in [0.5, 0.6) is 5.75 Å². The maximum absolute atomic E-state index is 12.8. The predicted octanol–water partition coefficient (Wildman–Crippen LogP) is 1.37. The van der Waals surface area contributed by atoms with Gasteiger partial charge < -0.3 is 25.6 Å². The van der Waals surface area contributed by atoms with Crippen molar-refractivity contribution in [1.82, 2.24) is 10.6 Å². The molecule has 0 saturated heterocycles. The highest BCUT2D eigenvalue weighted by Crippen LogP contribution is 2.15. The van der Waals surface area contributed by atoms with Gasteiger partial charge >= 0.3 is 5.97 Å². The fraction of sp³-hybridized carbons (Fsp3) is 0.550. The Morgan fingerprint density at radius 3 is 2.17 bits per heavy atom. The van der Waals surface area contributed by atoms with Crippen molar-refractivity contribution in [3.63, 3.8) is 0 Å². The molecular formula is C20H30N2O6S. The smallest absolute Gasteiger partial charge is 0.326 e. The molecule has 0 saturated carbocycles. The van der Waals surface area contributed by atoms with Gasteiger partial charge in [-0.2, -0.15) is 12.6 Å². The number of aliphatic carboxylic acids is 1. The molecule has 1 aromatic rings. The number of carbonyl (C=O) groups excluding carboxylic acids is 2. The average Bonchev–Trinajstić information content (AvgIpc) is 2.70. The van der Waals surface area contributed by atoms with Crippen molar-refractivity contribution in [3.05, 3.63) is 29.8 Å². The van der Waals surface area contributed by atoms with Gasteiger partial charge in [0.15, 0.2) is 0 Å². The number of carboxylic acids is 1. The van der Waals surface area contributed by atoms with E-state index in [1.54, 1.807) is 19.1 Å². The molecule has 0 bridgehead atoms. The van der Waals surface area contributed by atoms with Gasteiger partial charge in [0.1, 0.15) is 17.8 Å². The number of carbonyl (C=O) groups is 3. The number of phenols is 1. The van der Waals surface area contributed by atoms with Crippen LogP contribution in [-0.2, 0) is 25.5 Å². The number of benzene rings is 1. The van der Waals surface area contributed by atoms with Crippen molar-refractivity contribution in [3.8, 4) is 5.75 Å². The highest BCUT2D eigenvalue weighted by molar-refractivity contribution is 7.81. The monoisotopic (exact) mass is 426 g/mol. The molecule has 0 radical (unpaired) electrons. The molecule has 0 aliphatic carbocycles. The van der Waals surface area contributed by atoms with Crippen LogP contribution in [0.4, 0.5) is 0 Å². The van der Waals surface area contributed by atoms with E-state index in [1.165, 1.54) is 19.2 Å². The van der Waals surface area contributed by atoms with Crippen molar-refractivity contribution >= 4 is 30.4 Å². The van der Waals surface area contributed by atoms with Crippen LogP contribution in [0.2, 0.25) is 0 Å². The first kappa shape index (κ1) is 24.8. The van der Waals surface area contributed by atoms with E-state index < -0.39 is 41.2 Å². The van der Waals surface area contributed by atoms with E-state index in [1.807, 2.05) is 13.8 Å². The first-order chi connectivity index (χ1) is 13.6. The van der Waals surface area contributed by atoms with Gasteiger partial charge in [-0.15, -0.1) is 0 Å². The molecule has 1 aromatic carbocycles. The van der Waals surface area contributed by atoms with E-state index in [4.69, 9.17) is 4.74 Å². The molecule has 0 aliphatic rings. The molecule has 8 nitrogen and oxygen atoms in total. The summed E-state index contributed by atoms with van der Waals surface area (Å²) in [6.07, 6.45) is 0.0804. The van der Waals surface area contributed by atoms with Gasteiger partial charge in [0.05, 0.1) is 11.4 Å². The van der Waals surface area contributed by atoms with Crippen LogP contribution in [0.3, 0.4) is 0 Å². The standard InChI is InChI=1S/C20H30N2O6S/c1-5-11(2)17(29)19(25)22-16(12(3)28-4)18(24)21-15(20(26)27)10-13-6-8-14(23)9-7-13/h6-9,11-12,15-17,23,29H,5,10H2,1-4H3,(H,21,24)(H,22,25)(H,26,27). The Morgan fingerprint density at radius 1 is 1.10 bits per heavy atom. The summed E-state index contributed by atoms with van der Waals surface area (Å²) in [5.74, 6) is -2.24. The molecule has 0 aromatic heterocycles. The summed E-state index contributed by atoms with van der Waals surface area (Å²) in [7, 11) is 1.40. The van der Waals surface area contributed by atoms with Gasteiger partial charge in [0, 0.05) is 13.5 Å². The number of rotatable bonds is 11. The van der Waals surface area contributed by atoms with E-state index in [0.717, 1.165) is 6.42 Å². The molecule has 162 valence electrons. The molecule has 5 unspecified atom stereocenters. The third-order valence-electron chi connectivity index (χ3n) is 4.86. The summed E-state index contributed by atoms with van der Waals surface area (Å²) < 4.78 is 5.20.